The molecular weight excluding hydrogens is 953 g/mol. The van der Waals surface area contributed by atoms with Crippen molar-refractivity contribution in [3.05, 3.63) is 119 Å². The minimum atomic E-state index is -2.62. The highest BCUT2D eigenvalue weighted by atomic mass is 28.4. The van der Waals surface area contributed by atoms with Gasteiger partial charge in [0.1, 0.15) is 23.9 Å². The molecule has 1 amide bonds. The number of hydrogen-bond acceptors (Lipinski definition) is 14. The molecule has 1 N–H and O–H groups in total. The second kappa shape index (κ2) is 20.4. The van der Waals surface area contributed by atoms with Crippen molar-refractivity contribution in [3.63, 3.8) is 0 Å². The van der Waals surface area contributed by atoms with Crippen molar-refractivity contribution in [3.8, 4) is 0 Å². The van der Waals surface area contributed by atoms with Crippen molar-refractivity contribution < 1.29 is 61.2 Å². The Bertz CT molecular complexity index is 2580. The summed E-state index contributed by atoms with van der Waals surface area (Å²) < 4.78 is 53.1. The molecule has 2 bridgehead atoms. The summed E-state index contributed by atoms with van der Waals surface area (Å²) in [5.74, 6) is -3.47. The zero-order valence-corrected chi connectivity index (χ0v) is 45.3. The first-order valence-electron chi connectivity index (χ1n) is 25.2. The van der Waals surface area contributed by atoms with Gasteiger partial charge in [0.25, 0.3) is 5.91 Å². The largest absolute Gasteiger partial charge is 0.508 e. The van der Waals surface area contributed by atoms with E-state index in [2.05, 4.69) is 26.1 Å². The van der Waals surface area contributed by atoms with Crippen LogP contribution in [0.15, 0.2) is 107 Å². The van der Waals surface area contributed by atoms with Crippen LogP contribution in [0, 0.1) is 16.7 Å². The number of fused-ring (bicyclic) bond motifs is 5. The van der Waals surface area contributed by atoms with Gasteiger partial charge in [0.05, 0.1) is 42.8 Å². The molecule has 3 aromatic carbocycles. The molecule has 2 heterocycles. The molecule has 0 aromatic heterocycles. The molecule has 3 fully saturated rings. The lowest BCUT2D eigenvalue weighted by atomic mass is 9.44. The minimum Gasteiger partial charge on any atom is -0.461 e. The zero-order chi connectivity index (χ0) is 52.0. The lowest BCUT2D eigenvalue weighted by Gasteiger charge is -2.69. The van der Waals surface area contributed by atoms with Crippen molar-refractivity contribution in [2.45, 2.75) is 153 Å². The molecule has 8 rings (SSSR count). The number of amides is 1. The number of hydrogen-bond donors (Lipinski definition) is 1. The summed E-state index contributed by atoms with van der Waals surface area (Å²) in [6.45, 7) is 18.7. The molecule has 1 saturated heterocycles. The third-order valence-electron chi connectivity index (χ3n) is 16.5. The van der Waals surface area contributed by atoms with Gasteiger partial charge in [0.15, 0.2) is 25.8 Å². The third-order valence-corrected chi connectivity index (χ3v) is 21.9. The van der Waals surface area contributed by atoms with Crippen molar-refractivity contribution in [2.75, 3.05) is 13.7 Å². The number of aliphatic imine (C=N–C) groups is 1. The van der Waals surface area contributed by atoms with E-state index >= 15 is 14.4 Å². The average molecular weight is 1020 g/mol. The van der Waals surface area contributed by atoms with Crippen molar-refractivity contribution >= 4 is 53.0 Å². The molecule has 5 aliphatic rings. The van der Waals surface area contributed by atoms with Gasteiger partial charge in [-0.3, -0.25) is 14.4 Å². The molecule has 0 spiro atoms. The second-order valence-corrected chi connectivity index (χ2v) is 27.5. The number of rotatable bonds is 15. The van der Waals surface area contributed by atoms with Crippen LogP contribution in [0.4, 0.5) is 4.79 Å². The predicted molar refractivity (Wildman–Crippen MR) is 272 cm³/mol. The van der Waals surface area contributed by atoms with E-state index in [0.29, 0.717) is 22.6 Å². The van der Waals surface area contributed by atoms with Crippen LogP contribution in [-0.4, -0.2) is 115 Å². The standard InChI is InChI=1S/C55H69N2O13Si2/c1-12-72(13-2,14-3)69-39-30-40-54(32-64-40,68-51(62)63-9)45-47(67-50(61)37-28-22-17-23-29-37)55(70-71(10)11)31-38(33(4)41(52(55,6)7)43(65-34(5)58)46(59)53(39,45)8)56-48(60)44-42(35-24-18-15-19-25-35)57-49(66-44)36-26-20-16-21-27-36/h15-29,38-40,42-45,47H,12-14,30-32H2,1-11H3,(H,56,60)/t38-,39-,40+,42-,43+,44+,45-,47-,53+,54-,55+/m0/s1. The summed E-state index contributed by atoms with van der Waals surface area (Å²) in [6.07, 6.45) is -6.84. The average Bonchev–Trinajstić information content (AvgIpc) is 3.82. The molecule has 15 nitrogen and oxygen atoms in total. The van der Waals surface area contributed by atoms with E-state index in [1.807, 2.05) is 94.5 Å². The molecule has 0 unspecified atom stereocenters. The maximum Gasteiger partial charge on any atom is 0.508 e. The molecule has 3 aliphatic carbocycles. The maximum atomic E-state index is 16.7. The van der Waals surface area contributed by atoms with E-state index in [9.17, 15) is 9.59 Å². The molecule has 1 radical (unpaired) electrons. The predicted octanol–water partition coefficient (Wildman–Crippen LogP) is 8.89. The van der Waals surface area contributed by atoms with Crippen LogP contribution in [0.3, 0.4) is 0 Å². The summed E-state index contributed by atoms with van der Waals surface area (Å²) in [5, 5.41) is 3.31. The number of ketones is 1. The van der Waals surface area contributed by atoms with Crippen LogP contribution in [0.1, 0.15) is 95.8 Å². The summed E-state index contributed by atoms with van der Waals surface area (Å²) in [7, 11) is -3.27. The fourth-order valence-electron chi connectivity index (χ4n) is 12.5. The smallest absolute Gasteiger partial charge is 0.461 e. The van der Waals surface area contributed by atoms with Crippen LogP contribution >= 0.6 is 0 Å². The number of nitrogens with one attached hydrogen (secondary N) is 1. The van der Waals surface area contributed by atoms with E-state index in [4.69, 9.17) is 42.3 Å². The zero-order valence-electron chi connectivity index (χ0n) is 43.3. The number of Topliss-reactive ketones (excluding diaryl/α,β-unsaturated/α-hetero) is 1. The summed E-state index contributed by atoms with van der Waals surface area (Å²) in [4.78, 5) is 79.5. The Morgan fingerprint density at radius 2 is 1.49 bits per heavy atom. The van der Waals surface area contributed by atoms with Gasteiger partial charge in [-0.1, -0.05) is 101 Å². The molecule has 3 aromatic rings. The molecule has 2 aliphatic heterocycles. The number of carbonyl (C=O) groups is 5. The Labute approximate surface area is 425 Å². The number of benzene rings is 3. The van der Waals surface area contributed by atoms with Gasteiger partial charge < -0.3 is 42.6 Å². The SMILES string of the molecule is CC[Si](CC)(CC)O[C@H]1C[C@H]2OC[C@@]2(OC(=O)OC)[C@H]2[C@H](OC(=O)c3ccccc3)[C@]3(O[Si](C)C)C[C@H](NC(=O)[C@@H]4OC(c5ccccc5)=N[C@H]4c4ccccc4)C(C)=C([C@@H](OC(C)=O)C(=O)[C@]12C)C3(C)C. The molecule has 2 saturated carbocycles. The molecule has 11 atom stereocenters. The summed E-state index contributed by atoms with van der Waals surface area (Å²) in [5.41, 5.74) is -3.78. The highest BCUT2D eigenvalue weighted by molar-refractivity contribution is 6.73. The minimum absolute atomic E-state index is 0.0186. The molecule has 385 valence electrons. The van der Waals surface area contributed by atoms with E-state index < -0.39 is 118 Å². The van der Waals surface area contributed by atoms with Gasteiger partial charge in [-0.15, -0.1) is 0 Å². The van der Waals surface area contributed by atoms with Gasteiger partial charge in [-0.05, 0) is 86.0 Å². The van der Waals surface area contributed by atoms with Crippen molar-refractivity contribution in [2.24, 2.45) is 21.7 Å². The quantitative estimate of drug-likeness (QED) is 0.0660. The number of ether oxygens (including phenoxy) is 6. The summed E-state index contributed by atoms with van der Waals surface area (Å²) in [6, 6.07) is 27.8. The first kappa shape index (κ1) is 52.8. The lowest BCUT2D eigenvalue weighted by Crippen LogP contribution is -2.83. The Hall–Kier alpha value is -5.47. The highest BCUT2D eigenvalue weighted by Crippen LogP contribution is 2.66. The Kier molecular flexibility index (Phi) is 15.0. The van der Waals surface area contributed by atoms with Gasteiger partial charge in [0.2, 0.25) is 21.0 Å². The Morgan fingerprint density at radius 3 is 2.04 bits per heavy atom. The third kappa shape index (κ3) is 8.96. The van der Waals surface area contributed by atoms with Gasteiger partial charge in [-0.2, -0.15) is 0 Å². The monoisotopic (exact) mass is 1020 g/mol. The maximum absolute atomic E-state index is 16.7. The van der Waals surface area contributed by atoms with Gasteiger partial charge >= 0.3 is 18.1 Å². The highest BCUT2D eigenvalue weighted by Gasteiger charge is 2.79. The molecular formula is C55H69N2O13Si2. The van der Waals surface area contributed by atoms with Gasteiger partial charge in [0, 0.05) is 30.7 Å². The second-order valence-electron chi connectivity index (χ2n) is 20.8. The number of nitrogens with zero attached hydrogens (tertiary/aromatic N) is 1. The fourth-order valence-corrected chi connectivity index (χ4v) is 16.7. The van der Waals surface area contributed by atoms with Crippen LogP contribution in [0.2, 0.25) is 31.2 Å². The number of carbonyl (C=O) groups excluding carboxylic acids is 5. The topological polar surface area (TPSA) is 184 Å². The van der Waals surface area contributed by atoms with E-state index in [1.165, 1.54) is 14.0 Å². The number of esters is 2. The Morgan fingerprint density at radius 1 is 0.875 bits per heavy atom. The van der Waals surface area contributed by atoms with E-state index in [-0.39, 0.29) is 25.0 Å². The van der Waals surface area contributed by atoms with E-state index in [1.54, 1.807) is 37.3 Å². The first-order chi connectivity index (χ1) is 34.3. The van der Waals surface area contributed by atoms with Gasteiger partial charge in [-0.25, -0.2) is 14.6 Å². The molecule has 72 heavy (non-hydrogen) atoms. The lowest BCUT2D eigenvalue weighted by molar-refractivity contribution is -0.340. The van der Waals surface area contributed by atoms with Crippen LogP contribution < -0.4 is 5.32 Å². The van der Waals surface area contributed by atoms with Crippen LogP contribution in [0.25, 0.3) is 0 Å². The normalized spacial score (nSPS) is 31.6. The Balaban J connectivity index is 1.39. The van der Waals surface area contributed by atoms with E-state index in [0.717, 1.165) is 23.7 Å². The van der Waals surface area contributed by atoms with Crippen molar-refractivity contribution in [1.29, 1.82) is 0 Å². The van der Waals surface area contributed by atoms with Crippen molar-refractivity contribution in [1.82, 2.24) is 5.32 Å². The molecule has 17 heteroatoms. The summed E-state index contributed by atoms with van der Waals surface area (Å²) >= 11 is 0. The van der Waals surface area contributed by atoms with Crippen LogP contribution in [-0.2, 0) is 51.7 Å². The first-order valence-corrected chi connectivity index (χ1v) is 30.1. The number of methoxy groups -OCH3 is 1. The fraction of sp³-hybridized carbons (Fsp3) is 0.527. The van der Waals surface area contributed by atoms with Crippen LogP contribution in [0.5, 0.6) is 0 Å².